The fraction of sp³-hybridized carbons (Fsp3) is 0.462. The molecule has 0 unspecified atom stereocenters. The summed E-state index contributed by atoms with van der Waals surface area (Å²) in [5.41, 5.74) is 0. The summed E-state index contributed by atoms with van der Waals surface area (Å²) in [6.07, 6.45) is 4.39. The number of amides is 1. The van der Waals surface area contributed by atoms with Gasteiger partial charge in [0.15, 0.2) is 6.61 Å². The maximum atomic E-state index is 12.8. The van der Waals surface area contributed by atoms with Crippen molar-refractivity contribution < 1.29 is 13.9 Å². The third-order valence-electron chi connectivity index (χ3n) is 2.97. The van der Waals surface area contributed by atoms with Crippen LogP contribution < -0.4 is 10.1 Å². The van der Waals surface area contributed by atoms with Crippen LogP contribution in [0.3, 0.4) is 0 Å². The molecule has 1 aliphatic carbocycles. The number of carbonyl (C=O) groups is 1. The van der Waals surface area contributed by atoms with Crippen LogP contribution in [-0.4, -0.2) is 18.6 Å². The number of halogens is 2. The number of nitrogens with one attached hydrogen (secondary N) is 1. The quantitative estimate of drug-likeness (QED) is 0.914. The first-order valence-corrected chi connectivity index (χ1v) is 6.40. The van der Waals surface area contributed by atoms with Gasteiger partial charge in [-0.05, 0) is 31.0 Å². The summed E-state index contributed by atoms with van der Waals surface area (Å²) >= 11 is 5.79. The minimum absolute atomic E-state index is 0.0954. The Kier molecular flexibility index (Phi) is 4.42. The molecule has 3 nitrogen and oxygen atoms in total. The summed E-state index contributed by atoms with van der Waals surface area (Å²) in [4.78, 5) is 11.6. The molecule has 18 heavy (non-hydrogen) atoms. The van der Waals surface area contributed by atoms with E-state index in [1.54, 1.807) is 0 Å². The van der Waals surface area contributed by atoms with Gasteiger partial charge in [-0.15, -0.1) is 0 Å². The van der Waals surface area contributed by atoms with Crippen molar-refractivity contribution in [1.82, 2.24) is 5.32 Å². The van der Waals surface area contributed by atoms with E-state index >= 15 is 0 Å². The van der Waals surface area contributed by atoms with Gasteiger partial charge in [0.1, 0.15) is 11.6 Å². The Labute approximate surface area is 110 Å². The summed E-state index contributed by atoms with van der Waals surface area (Å²) in [6.45, 7) is -0.0954. The van der Waals surface area contributed by atoms with E-state index in [1.165, 1.54) is 12.1 Å². The van der Waals surface area contributed by atoms with Crippen molar-refractivity contribution in [3.05, 3.63) is 29.0 Å². The molecule has 5 heteroatoms. The number of carbonyl (C=O) groups excluding carboxylic acids is 1. The van der Waals surface area contributed by atoms with Gasteiger partial charge in [-0.1, -0.05) is 24.4 Å². The van der Waals surface area contributed by atoms with Crippen LogP contribution in [0.2, 0.25) is 5.02 Å². The van der Waals surface area contributed by atoms with Crippen molar-refractivity contribution in [3.8, 4) is 5.75 Å². The first-order valence-electron chi connectivity index (χ1n) is 6.02. The molecule has 0 bridgehead atoms. The zero-order valence-electron chi connectivity index (χ0n) is 9.92. The van der Waals surface area contributed by atoms with Gasteiger partial charge in [0.2, 0.25) is 0 Å². The standard InChI is InChI=1S/C13H15ClFNO2/c14-11-7-9(15)5-6-12(11)18-8-13(17)16-10-3-1-2-4-10/h5-7,10H,1-4,8H2,(H,16,17). The average molecular weight is 272 g/mol. The fourth-order valence-corrected chi connectivity index (χ4v) is 2.30. The molecule has 1 saturated carbocycles. The van der Waals surface area contributed by atoms with Crippen LogP contribution in [-0.2, 0) is 4.79 Å². The summed E-state index contributed by atoms with van der Waals surface area (Å²) in [5, 5.41) is 3.07. The maximum Gasteiger partial charge on any atom is 0.258 e. The topological polar surface area (TPSA) is 38.3 Å². The van der Waals surface area contributed by atoms with Crippen LogP contribution >= 0.6 is 11.6 Å². The molecule has 1 aliphatic rings. The highest BCUT2D eigenvalue weighted by Crippen LogP contribution is 2.24. The first kappa shape index (κ1) is 13.1. The zero-order chi connectivity index (χ0) is 13.0. The molecule has 1 fully saturated rings. The van der Waals surface area contributed by atoms with Crippen LogP contribution in [0.4, 0.5) is 4.39 Å². The first-order chi connectivity index (χ1) is 8.65. The number of hydrogen-bond donors (Lipinski definition) is 1. The second-order valence-corrected chi connectivity index (χ2v) is 4.82. The summed E-state index contributed by atoms with van der Waals surface area (Å²) in [6, 6.07) is 4.09. The Morgan fingerprint density at radius 3 is 2.83 bits per heavy atom. The molecule has 0 spiro atoms. The molecule has 98 valence electrons. The number of hydrogen-bond acceptors (Lipinski definition) is 2. The predicted molar refractivity (Wildman–Crippen MR) is 67.3 cm³/mol. The largest absolute Gasteiger partial charge is 0.482 e. The van der Waals surface area contributed by atoms with E-state index in [0.717, 1.165) is 31.7 Å². The van der Waals surface area contributed by atoms with Crippen LogP contribution in [0.1, 0.15) is 25.7 Å². The van der Waals surface area contributed by atoms with Gasteiger partial charge in [-0.2, -0.15) is 0 Å². The second kappa shape index (κ2) is 6.05. The zero-order valence-corrected chi connectivity index (χ0v) is 10.7. The van der Waals surface area contributed by atoms with E-state index in [4.69, 9.17) is 16.3 Å². The Bertz CT molecular complexity index is 433. The van der Waals surface area contributed by atoms with E-state index in [9.17, 15) is 9.18 Å². The normalized spacial score (nSPS) is 15.7. The summed E-state index contributed by atoms with van der Waals surface area (Å²) in [5.74, 6) is -0.273. The average Bonchev–Trinajstić information content (AvgIpc) is 2.80. The lowest BCUT2D eigenvalue weighted by Crippen LogP contribution is -2.36. The van der Waals surface area contributed by atoms with Gasteiger partial charge in [-0.25, -0.2) is 4.39 Å². The van der Waals surface area contributed by atoms with Crippen molar-refractivity contribution in [2.24, 2.45) is 0 Å². The second-order valence-electron chi connectivity index (χ2n) is 4.41. The molecule has 0 saturated heterocycles. The van der Waals surface area contributed by atoms with Crippen molar-refractivity contribution in [2.75, 3.05) is 6.61 Å². The number of benzene rings is 1. The van der Waals surface area contributed by atoms with Crippen molar-refractivity contribution >= 4 is 17.5 Å². The van der Waals surface area contributed by atoms with Crippen LogP contribution in [0.5, 0.6) is 5.75 Å². The van der Waals surface area contributed by atoms with E-state index in [0.29, 0.717) is 5.75 Å². The van der Waals surface area contributed by atoms with Crippen molar-refractivity contribution in [3.63, 3.8) is 0 Å². The third kappa shape index (κ3) is 3.60. The minimum atomic E-state index is -0.428. The van der Waals surface area contributed by atoms with Crippen LogP contribution in [0, 0.1) is 5.82 Å². The molecular formula is C13H15ClFNO2. The Morgan fingerprint density at radius 2 is 2.17 bits per heavy atom. The number of ether oxygens (including phenoxy) is 1. The molecule has 0 atom stereocenters. The van der Waals surface area contributed by atoms with E-state index in [1.807, 2.05) is 0 Å². The molecule has 0 aliphatic heterocycles. The fourth-order valence-electron chi connectivity index (χ4n) is 2.08. The monoisotopic (exact) mass is 271 g/mol. The van der Waals surface area contributed by atoms with Gasteiger partial charge < -0.3 is 10.1 Å². The van der Waals surface area contributed by atoms with E-state index in [-0.39, 0.29) is 23.6 Å². The molecule has 1 amide bonds. The predicted octanol–water partition coefficient (Wildman–Crippen LogP) is 2.92. The summed E-state index contributed by atoms with van der Waals surface area (Å²) < 4.78 is 18.1. The highest BCUT2D eigenvalue weighted by Gasteiger charge is 2.17. The van der Waals surface area contributed by atoms with E-state index in [2.05, 4.69) is 5.32 Å². The molecule has 0 heterocycles. The van der Waals surface area contributed by atoms with Crippen LogP contribution in [0.15, 0.2) is 18.2 Å². The molecular weight excluding hydrogens is 257 g/mol. The van der Waals surface area contributed by atoms with Crippen LogP contribution in [0.25, 0.3) is 0 Å². The third-order valence-corrected chi connectivity index (χ3v) is 3.27. The maximum absolute atomic E-state index is 12.8. The van der Waals surface area contributed by atoms with Crippen molar-refractivity contribution in [2.45, 2.75) is 31.7 Å². The molecule has 2 rings (SSSR count). The molecule has 1 aromatic carbocycles. The lowest BCUT2D eigenvalue weighted by molar-refractivity contribution is -0.123. The highest BCUT2D eigenvalue weighted by atomic mass is 35.5. The Morgan fingerprint density at radius 1 is 1.44 bits per heavy atom. The lowest BCUT2D eigenvalue weighted by Gasteiger charge is -2.13. The van der Waals surface area contributed by atoms with Crippen molar-refractivity contribution in [1.29, 1.82) is 0 Å². The minimum Gasteiger partial charge on any atom is -0.482 e. The van der Waals surface area contributed by atoms with Gasteiger partial charge in [-0.3, -0.25) is 4.79 Å². The molecule has 0 aromatic heterocycles. The molecule has 1 N–H and O–H groups in total. The Balaban J connectivity index is 1.81. The van der Waals surface area contributed by atoms with Gasteiger partial charge in [0, 0.05) is 6.04 Å². The summed E-state index contributed by atoms with van der Waals surface area (Å²) in [7, 11) is 0. The molecule has 1 aromatic rings. The Hall–Kier alpha value is -1.29. The number of rotatable bonds is 4. The lowest BCUT2D eigenvalue weighted by atomic mass is 10.2. The highest BCUT2D eigenvalue weighted by molar-refractivity contribution is 6.32. The van der Waals surface area contributed by atoms with E-state index < -0.39 is 5.82 Å². The SMILES string of the molecule is O=C(COc1ccc(F)cc1Cl)NC1CCCC1. The van der Waals surface area contributed by atoms with Gasteiger partial charge in [0.05, 0.1) is 5.02 Å². The van der Waals surface area contributed by atoms with Gasteiger partial charge in [0.25, 0.3) is 5.91 Å². The molecule has 0 radical (unpaired) electrons. The smallest absolute Gasteiger partial charge is 0.258 e. The van der Waals surface area contributed by atoms with Gasteiger partial charge >= 0.3 is 0 Å².